The smallest absolute Gasteiger partial charge is 0.410 e. The number of likely N-dealkylation sites (tertiary alicyclic amines) is 1. The fraction of sp³-hybridized carbons (Fsp3) is 0.682. The quantitative estimate of drug-likeness (QED) is 0.0173. The van der Waals surface area contributed by atoms with Crippen molar-refractivity contribution >= 4 is 52.6 Å². The molecule has 30 heteroatoms. The van der Waals surface area contributed by atoms with Crippen LogP contribution in [0.1, 0.15) is 110 Å². The van der Waals surface area contributed by atoms with Crippen LogP contribution in [0.15, 0.2) is 58.1 Å². The maximum atomic E-state index is 14.9. The Labute approximate surface area is 560 Å². The Balaban J connectivity index is 1.26. The number of furan rings is 1. The third kappa shape index (κ3) is 21.9. The van der Waals surface area contributed by atoms with Crippen molar-refractivity contribution in [1.29, 1.82) is 0 Å². The van der Waals surface area contributed by atoms with Crippen molar-refractivity contribution in [3.05, 3.63) is 75.9 Å². The fourth-order valence-corrected chi connectivity index (χ4v) is 12.0. The van der Waals surface area contributed by atoms with E-state index in [1.54, 1.807) is 65.6 Å². The summed E-state index contributed by atoms with van der Waals surface area (Å²) in [6.07, 6.45) is -11.3. The summed E-state index contributed by atoms with van der Waals surface area (Å²) in [6.45, 7) is 16.4. The molecule has 0 bridgehead atoms. The molecular formula is C66H101N9O21. The first-order valence-electron chi connectivity index (χ1n) is 32.7. The number of aryl methyl sites for hydroxylation is 1. The zero-order chi connectivity index (χ0) is 70.9. The van der Waals surface area contributed by atoms with Crippen LogP contribution in [-0.4, -0.2) is 243 Å². The van der Waals surface area contributed by atoms with Crippen LogP contribution in [0.2, 0.25) is 0 Å². The van der Waals surface area contributed by atoms with Crippen molar-refractivity contribution < 1.29 is 101 Å². The van der Waals surface area contributed by atoms with Gasteiger partial charge in [0, 0.05) is 71.3 Å². The van der Waals surface area contributed by atoms with E-state index in [-0.39, 0.29) is 110 Å². The van der Waals surface area contributed by atoms with E-state index in [4.69, 9.17) is 47.8 Å². The second-order valence-electron chi connectivity index (χ2n) is 25.0. The Kier molecular flexibility index (Phi) is 32.5. The SMILES string of the molecule is CCC(C)[C@@H]([C@@H](CC(=O)N1CCC[C@H]1[C@H](OC)[C@@H](C)C(=O)NC(C)C(O)c1ccccc1)OC)N(C)C(=O)[C@@H](NC(=O)[C@H](C(C)C)N(C)C(=O)OCc1ccc(O[C@@H]2O[C@H](C(=O)O)[C@@H](O)[C@H](O)[C@H]2O)c2cc(CCC(=O)NCCOCCOCCOCCN=[N+]=[N-])oc12)C(C)C. The molecule has 1 aromatic heterocycles. The molecule has 0 spiro atoms. The zero-order valence-electron chi connectivity index (χ0n) is 57.2. The number of carbonyl (C=O) groups is 7. The summed E-state index contributed by atoms with van der Waals surface area (Å²) in [5.74, 6) is -5.39. The van der Waals surface area contributed by atoms with Gasteiger partial charge in [0.2, 0.25) is 35.8 Å². The third-order valence-corrected chi connectivity index (χ3v) is 17.6. The van der Waals surface area contributed by atoms with Gasteiger partial charge in [-0.25, -0.2) is 9.59 Å². The molecule has 15 atom stereocenters. The minimum absolute atomic E-state index is 0.0420. The molecule has 0 aliphatic carbocycles. The predicted octanol–water partition coefficient (Wildman–Crippen LogP) is 4.01. The summed E-state index contributed by atoms with van der Waals surface area (Å²) >= 11 is 0. The van der Waals surface area contributed by atoms with Gasteiger partial charge in [0.1, 0.15) is 54.1 Å². The molecule has 2 aliphatic heterocycles. The van der Waals surface area contributed by atoms with E-state index in [2.05, 4.69) is 26.0 Å². The van der Waals surface area contributed by atoms with Gasteiger partial charge in [-0.1, -0.05) is 90.3 Å². The van der Waals surface area contributed by atoms with Crippen molar-refractivity contribution in [2.75, 3.05) is 87.6 Å². The number of hydrogen-bond acceptors (Lipinski definition) is 21. The number of azide groups is 1. The van der Waals surface area contributed by atoms with Crippen LogP contribution < -0.4 is 20.7 Å². The minimum Gasteiger partial charge on any atom is -0.479 e. The fourth-order valence-electron chi connectivity index (χ4n) is 12.0. The molecule has 2 saturated heterocycles. The third-order valence-electron chi connectivity index (χ3n) is 17.6. The largest absolute Gasteiger partial charge is 0.479 e. The number of hydrogen-bond donors (Lipinski definition) is 8. The van der Waals surface area contributed by atoms with Crippen molar-refractivity contribution in [2.45, 2.75) is 180 Å². The highest BCUT2D eigenvalue weighted by Gasteiger charge is 2.49. The van der Waals surface area contributed by atoms with Crippen molar-refractivity contribution in [3.8, 4) is 5.75 Å². The van der Waals surface area contributed by atoms with Crippen molar-refractivity contribution in [3.63, 3.8) is 0 Å². The van der Waals surface area contributed by atoms with Crippen LogP contribution in [0.25, 0.3) is 21.4 Å². The van der Waals surface area contributed by atoms with Gasteiger partial charge in [-0.15, -0.1) is 0 Å². The normalized spacial score (nSPS) is 20.8. The molecule has 2 fully saturated rings. The van der Waals surface area contributed by atoms with Crippen molar-refractivity contribution in [1.82, 2.24) is 30.7 Å². The van der Waals surface area contributed by atoms with Gasteiger partial charge >= 0.3 is 12.1 Å². The number of benzene rings is 2. The van der Waals surface area contributed by atoms with Crippen molar-refractivity contribution in [2.24, 2.45) is 28.8 Å². The number of fused-ring (bicyclic) bond motifs is 1. The highest BCUT2D eigenvalue weighted by Crippen LogP contribution is 2.36. The molecule has 0 saturated carbocycles. The number of nitrogens with zero attached hydrogens (tertiary/aromatic N) is 6. The molecule has 96 heavy (non-hydrogen) atoms. The number of carbonyl (C=O) groups excluding carboxylic acids is 6. The number of carboxylic acid groups (broad SMARTS) is 1. The van der Waals surface area contributed by atoms with E-state index in [1.807, 2.05) is 32.0 Å². The Hall–Kier alpha value is -7.22. The van der Waals surface area contributed by atoms with Crippen LogP contribution in [0, 0.1) is 23.7 Å². The molecule has 2 aromatic carbocycles. The number of aliphatic hydroxyl groups is 4. The summed E-state index contributed by atoms with van der Waals surface area (Å²) in [7, 11) is 5.98. The number of aliphatic carboxylic acids is 1. The average molecular weight is 1360 g/mol. The molecule has 3 aromatic rings. The van der Waals surface area contributed by atoms with Crippen LogP contribution in [0.5, 0.6) is 5.75 Å². The molecule has 2 aliphatic rings. The minimum atomic E-state index is -1.99. The lowest BCUT2D eigenvalue weighted by atomic mass is 9.89. The molecule has 536 valence electrons. The predicted molar refractivity (Wildman–Crippen MR) is 347 cm³/mol. The Morgan fingerprint density at radius 2 is 1.49 bits per heavy atom. The van der Waals surface area contributed by atoms with E-state index >= 15 is 0 Å². The van der Waals surface area contributed by atoms with E-state index in [0.29, 0.717) is 44.6 Å². The molecule has 8 N–H and O–H groups in total. The standard InChI is InChI=1S/C66H101N9O21/c1-13-39(6)53(48(88-11)35-50(77)75-27-17-20-46(75)58(89-12)40(7)61(82)70-41(8)54(78)42-18-15-14-16-19-42)73(9)63(84)51(37(2)3)71-62(83)52(38(4)5)74(10)66(87)93-36-43-21-23-47(95-65-57(81)55(79)56(80)60(96-65)64(85)86)45-34-44(94-59(43)45)22-24-49(76)68-25-28-90-30-32-92-33-31-91-29-26-69-72-67/h14-16,18-19,21,23,34,37-41,46,48,51-58,60,65,78-81H,13,17,20,22,24-33,35-36H2,1-12H3,(H,68,76)(H,70,82)(H,71,83)(H,85,86)/t39?,40-,41?,46+,48-,51+,52+,53+,54?,55+,56+,57-,58-,60+,65-/m1/s1. The molecular weight excluding hydrogens is 1250 g/mol. The van der Waals surface area contributed by atoms with E-state index in [1.165, 1.54) is 44.4 Å². The first-order chi connectivity index (χ1) is 45.7. The second kappa shape index (κ2) is 39.2. The van der Waals surface area contributed by atoms with Crippen LogP contribution in [0.3, 0.4) is 0 Å². The van der Waals surface area contributed by atoms with Crippen LogP contribution in [0.4, 0.5) is 4.79 Å². The number of carboxylic acids is 1. The summed E-state index contributed by atoms with van der Waals surface area (Å²) in [5.41, 5.74) is 9.33. The van der Waals surface area contributed by atoms with Gasteiger partial charge in [-0.2, -0.15) is 0 Å². The lowest BCUT2D eigenvalue weighted by Crippen LogP contribution is -2.61. The second-order valence-corrected chi connectivity index (χ2v) is 25.0. The number of likely N-dealkylation sites (N-methyl/N-ethyl adjacent to an activating group) is 2. The summed E-state index contributed by atoms with van der Waals surface area (Å²) < 4.78 is 51.7. The lowest BCUT2D eigenvalue weighted by Gasteiger charge is -2.41. The van der Waals surface area contributed by atoms with E-state index in [9.17, 15) is 59.1 Å². The Bertz CT molecular complexity index is 3020. The molecule has 6 amide bonds. The van der Waals surface area contributed by atoms with Gasteiger partial charge in [-0.3, -0.25) is 28.9 Å². The number of amides is 6. The lowest BCUT2D eigenvalue weighted by molar-refractivity contribution is -0.270. The monoisotopic (exact) mass is 1360 g/mol. The van der Waals surface area contributed by atoms with E-state index in [0.717, 1.165) is 4.90 Å². The average Bonchev–Trinajstić information content (AvgIpc) is 1.50. The maximum absolute atomic E-state index is 14.9. The zero-order valence-corrected chi connectivity index (χ0v) is 57.2. The maximum Gasteiger partial charge on any atom is 0.410 e. The molecule has 3 heterocycles. The first-order valence-corrected chi connectivity index (χ1v) is 32.7. The van der Waals surface area contributed by atoms with E-state index < -0.39 is 127 Å². The summed E-state index contributed by atoms with van der Waals surface area (Å²) in [4.78, 5) is 104. The molecule has 0 radical (unpaired) electrons. The van der Waals surface area contributed by atoms with Crippen LogP contribution in [-0.2, 0) is 75.0 Å². The summed E-state index contributed by atoms with van der Waals surface area (Å²) in [6, 6.07) is 9.35. The highest BCUT2D eigenvalue weighted by atomic mass is 16.7. The van der Waals surface area contributed by atoms with Crippen LogP contribution >= 0.6 is 0 Å². The summed E-state index contributed by atoms with van der Waals surface area (Å²) in [5, 5.41) is 64.5. The highest BCUT2D eigenvalue weighted by molar-refractivity contribution is 5.92. The first kappa shape index (κ1) is 79.5. The number of rotatable bonds is 40. The number of nitrogens with one attached hydrogen (secondary N) is 3. The van der Waals surface area contributed by atoms with Gasteiger partial charge < -0.3 is 93.6 Å². The number of ether oxygens (including phenoxy) is 8. The Morgan fingerprint density at radius 3 is 2.10 bits per heavy atom. The van der Waals surface area contributed by atoms with Gasteiger partial charge in [0.15, 0.2) is 6.10 Å². The number of aliphatic hydroxyl groups excluding tert-OH is 4. The topological polar surface area (TPSA) is 402 Å². The molecule has 3 unspecified atom stereocenters. The van der Waals surface area contributed by atoms with Gasteiger partial charge in [0.05, 0.1) is 93.8 Å². The Morgan fingerprint density at radius 1 is 0.823 bits per heavy atom. The molecule has 30 nitrogen and oxygen atoms in total. The van der Waals surface area contributed by atoms with Gasteiger partial charge in [-0.05, 0) is 66.8 Å². The molecule has 5 rings (SSSR count). The number of methoxy groups -OCH3 is 2. The van der Waals surface area contributed by atoms with Gasteiger partial charge in [0.25, 0.3) is 0 Å².